The van der Waals surface area contributed by atoms with E-state index in [4.69, 9.17) is 0 Å². The van der Waals surface area contributed by atoms with Crippen molar-refractivity contribution in [2.75, 3.05) is 21.7 Å². The highest BCUT2D eigenvalue weighted by Gasteiger charge is 2.27. The minimum Gasteiger partial charge on any atom is -0.344 e. The number of fused-ring (bicyclic) bond motifs is 6. The zero-order valence-corrected chi connectivity index (χ0v) is 35.7. The Balaban J connectivity index is 0.982. The van der Waals surface area contributed by atoms with Gasteiger partial charge in [-0.25, -0.2) is 0 Å². The molecule has 0 spiro atoms. The molecule has 0 saturated carbocycles. The van der Waals surface area contributed by atoms with Crippen molar-refractivity contribution in [3.05, 3.63) is 231 Å². The predicted molar refractivity (Wildman–Crippen MR) is 272 cm³/mol. The lowest BCUT2D eigenvalue weighted by Gasteiger charge is -2.33. The minimum absolute atomic E-state index is 1.11. The summed E-state index contributed by atoms with van der Waals surface area (Å²) in [5.74, 6) is 0. The normalized spacial score (nSPS) is 11.9. The molecule has 0 bridgehead atoms. The van der Waals surface area contributed by atoms with Gasteiger partial charge in [-0.05, 0) is 118 Å². The van der Waals surface area contributed by atoms with E-state index in [0.29, 0.717) is 0 Å². The Bertz CT molecular complexity index is 3490. The Hall–Kier alpha value is -8.34. The first-order chi connectivity index (χ1) is 31.6. The van der Waals surface area contributed by atoms with Gasteiger partial charge in [0, 0.05) is 75.6 Å². The van der Waals surface area contributed by atoms with Crippen LogP contribution in [0.15, 0.2) is 231 Å². The molecule has 1 aromatic heterocycles. The van der Waals surface area contributed by atoms with Gasteiger partial charge in [-0.1, -0.05) is 146 Å². The van der Waals surface area contributed by atoms with Gasteiger partial charge >= 0.3 is 0 Å². The third kappa shape index (κ3) is 6.14. The highest BCUT2D eigenvalue weighted by atomic mass is 15.2. The zero-order chi connectivity index (χ0) is 42.7. The molecule has 0 saturated heterocycles. The van der Waals surface area contributed by atoms with Crippen molar-refractivity contribution in [1.82, 2.24) is 4.57 Å². The van der Waals surface area contributed by atoms with Crippen LogP contribution in [-0.2, 0) is 7.05 Å². The smallest absolute Gasteiger partial charge is 0.0510 e. The van der Waals surface area contributed by atoms with Crippen molar-refractivity contribution >= 4 is 78.1 Å². The summed E-state index contributed by atoms with van der Waals surface area (Å²) in [7, 11) is 4.43. The summed E-state index contributed by atoms with van der Waals surface area (Å²) in [5, 5.41) is 5.09. The van der Waals surface area contributed by atoms with E-state index in [9.17, 15) is 0 Å². The van der Waals surface area contributed by atoms with Crippen LogP contribution in [0.2, 0.25) is 0 Å². The van der Waals surface area contributed by atoms with Gasteiger partial charge in [0.1, 0.15) is 0 Å². The standard InChI is InChI=1S/C60H44N4/c1-61-55-25-15-24-53-59-52-37-35-50(64(46-22-13-6-14-23-46)48-32-28-44(29-33-48)42-18-9-4-10-19-42)39-57(52)62(2)58(59)40-54(60(53)55)51-36-34-49(38-56(51)61)63(45-20-11-5-12-21-45)47-30-26-43(27-31-47)41-16-7-3-8-17-41/h3-40H,1-2H3. The molecule has 11 aromatic rings. The SMILES string of the molecule is CN1c2cc(N(c3ccccc3)c3ccc(-c4ccccc4)cc3)ccc2-c2cc3c(c4cccc1c24)c1ccc(N(c2ccccc2)c2ccc(-c4ccccc4)cc2)cc1n3C. The molecular formula is C60H44N4. The second kappa shape index (κ2) is 15.2. The summed E-state index contributed by atoms with van der Waals surface area (Å²) in [6.07, 6.45) is 0. The summed E-state index contributed by atoms with van der Waals surface area (Å²) in [4.78, 5) is 7.10. The Morgan fingerprint density at radius 2 is 0.766 bits per heavy atom. The molecule has 10 aromatic carbocycles. The number of aromatic nitrogens is 1. The number of anilines is 8. The molecule has 1 aliphatic rings. The van der Waals surface area contributed by atoms with Gasteiger partial charge in [0.15, 0.2) is 0 Å². The first kappa shape index (κ1) is 37.4. The van der Waals surface area contributed by atoms with E-state index in [2.05, 4.69) is 264 Å². The van der Waals surface area contributed by atoms with E-state index in [1.54, 1.807) is 0 Å². The number of aryl methyl sites for hydroxylation is 1. The van der Waals surface area contributed by atoms with Gasteiger partial charge < -0.3 is 19.3 Å². The molecule has 0 fully saturated rings. The predicted octanol–water partition coefficient (Wildman–Crippen LogP) is 16.5. The van der Waals surface area contributed by atoms with Crippen LogP contribution >= 0.6 is 0 Å². The molecule has 12 rings (SSSR count). The summed E-state index contributed by atoms with van der Waals surface area (Å²) in [5.41, 5.74) is 18.8. The van der Waals surface area contributed by atoms with Crippen molar-refractivity contribution in [3.8, 4) is 33.4 Å². The van der Waals surface area contributed by atoms with Crippen LogP contribution in [0, 0.1) is 0 Å². The fraction of sp³-hybridized carbons (Fsp3) is 0.0333. The van der Waals surface area contributed by atoms with Crippen molar-refractivity contribution in [1.29, 1.82) is 0 Å². The van der Waals surface area contributed by atoms with Gasteiger partial charge in [-0.3, -0.25) is 0 Å². The zero-order valence-electron chi connectivity index (χ0n) is 35.7. The highest BCUT2D eigenvalue weighted by Crippen LogP contribution is 2.52. The summed E-state index contributed by atoms with van der Waals surface area (Å²) in [6, 6.07) is 83.5. The van der Waals surface area contributed by atoms with Gasteiger partial charge in [-0.15, -0.1) is 0 Å². The monoisotopic (exact) mass is 820 g/mol. The van der Waals surface area contributed by atoms with E-state index in [0.717, 1.165) is 34.1 Å². The number of hydrogen-bond acceptors (Lipinski definition) is 3. The van der Waals surface area contributed by atoms with E-state index in [1.807, 2.05) is 0 Å². The third-order valence-corrected chi connectivity index (χ3v) is 13.1. The molecule has 0 N–H and O–H groups in total. The first-order valence-electron chi connectivity index (χ1n) is 22.0. The Kier molecular flexibility index (Phi) is 8.91. The second-order valence-corrected chi connectivity index (χ2v) is 16.7. The van der Waals surface area contributed by atoms with E-state index >= 15 is 0 Å². The van der Waals surface area contributed by atoms with Gasteiger partial charge in [0.2, 0.25) is 0 Å². The van der Waals surface area contributed by atoms with Gasteiger partial charge in [-0.2, -0.15) is 0 Å². The largest absolute Gasteiger partial charge is 0.344 e. The third-order valence-electron chi connectivity index (χ3n) is 13.1. The Morgan fingerprint density at radius 1 is 0.297 bits per heavy atom. The minimum atomic E-state index is 1.11. The summed E-state index contributed by atoms with van der Waals surface area (Å²) >= 11 is 0. The molecule has 0 radical (unpaired) electrons. The average Bonchev–Trinajstić information content (AvgIpc) is 3.65. The van der Waals surface area contributed by atoms with Crippen LogP contribution in [-0.4, -0.2) is 11.6 Å². The van der Waals surface area contributed by atoms with Crippen LogP contribution in [0.1, 0.15) is 0 Å². The van der Waals surface area contributed by atoms with Gasteiger partial charge in [0.05, 0.1) is 16.7 Å². The molecule has 1 aliphatic heterocycles. The van der Waals surface area contributed by atoms with Crippen LogP contribution in [0.3, 0.4) is 0 Å². The van der Waals surface area contributed by atoms with E-state index in [-0.39, 0.29) is 0 Å². The fourth-order valence-electron chi connectivity index (χ4n) is 9.98. The first-order valence-corrected chi connectivity index (χ1v) is 22.0. The maximum atomic E-state index is 2.43. The van der Waals surface area contributed by atoms with Crippen molar-refractivity contribution in [2.24, 2.45) is 7.05 Å². The fourth-order valence-corrected chi connectivity index (χ4v) is 9.98. The van der Waals surface area contributed by atoms with Crippen molar-refractivity contribution < 1.29 is 0 Å². The average molecular weight is 821 g/mol. The molecule has 0 atom stereocenters. The Morgan fingerprint density at radius 3 is 1.33 bits per heavy atom. The Labute approximate surface area is 373 Å². The molecule has 0 unspecified atom stereocenters. The van der Waals surface area contributed by atoms with E-state index in [1.165, 1.54) is 77.3 Å². The quantitative estimate of drug-likeness (QED) is 0.152. The van der Waals surface area contributed by atoms with Crippen molar-refractivity contribution in [3.63, 3.8) is 0 Å². The molecule has 4 nitrogen and oxygen atoms in total. The number of nitrogens with zero attached hydrogens (tertiary/aromatic N) is 4. The number of para-hydroxylation sites is 2. The lowest BCUT2D eigenvalue weighted by atomic mass is 9.89. The highest BCUT2D eigenvalue weighted by molar-refractivity contribution is 6.28. The van der Waals surface area contributed by atoms with Crippen LogP contribution in [0.5, 0.6) is 0 Å². The topological polar surface area (TPSA) is 14.7 Å². The lowest BCUT2D eigenvalue weighted by molar-refractivity contribution is 1.01. The molecule has 64 heavy (non-hydrogen) atoms. The number of benzene rings is 10. The van der Waals surface area contributed by atoms with E-state index < -0.39 is 0 Å². The van der Waals surface area contributed by atoms with Crippen molar-refractivity contribution in [2.45, 2.75) is 0 Å². The van der Waals surface area contributed by atoms with Crippen LogP contribution in [0.4, 0.5) is 45.5 Å². The molecule has 0 aliphatic carbocycles. The molecule has 0 amide bonds. The maximum Gasteiger partial charge on any atom is 0.0510 e. The summed E-state index contributed by atoms with van der Waals surface area (Å²) < 4.78 is 2.39. The van der Waals surface area contributed by atoms with Gasteiger partial charge in [0.25, 0.3) is 0 Å². The molecule has 304 valence electrons. The molecular weight excluding hydrogens is 777 g/mol. The second-order valence-electron chi connectivity index (χ2n) is 16.7. The maximum absolute atomic E-state index is 2.43. The van der Waals surface area contributed by atoms with Crippen LogP contribution < -0.4 is 14.7 Å². The molecule has 4 heteroatoms. The van der Waals surface area contributed by atoms with Crippen LogP contribution in [0.25, 0.3) is 66.0 Å². The lowest BCUT2D eigenvalue weighted by Crippen LogP contribution is -2.16. The number of rotatable bonds is 8. The number of hydrogen-bond donors (Lipinski definition) is 0. The summed E-state index contributed by atoms with van der Waals surface area (Å²) in [6.45, 7) is 0. The molecule has 2 heterocycles.